The largest absolute Gasteiger partial charge is 0.355 e. The minimum absolute atomic E-state index is 0.118. The summed E-state index contributed by atoms with van der Waals surface area (Å²) in [4.78, 5) is 12.0. The van der Waals surface area contributed by atoms with E-state index in [0.717, 1.165) is 11.3 Å². The van der Waals surface area contributed by atoms with Crippen molar-refractivity contribution in [1.82, 2.24) is 20.1 Å². The van der Waals surface area contributed by atoms with Gasteiger partial charge in [0.05, 0.1) is 11.4 Å². The fourth-order valence-corrected chi connectivity index (χ4v) is 3.29. The van der Waals surface area contributed by atoms with Crippen molar-refractivity contribution in [2.75, 3.05) is 12.3 Å². The third kappa shape index (κ3) is 5.06. The number of nitrogens with one attached hydrogen (secondary N) is 1. The fourth-order valence-electron chi connectivity index (χ4n) is 2.35. The Bertz CT molecular complexity index is 902. The van der Waals surface area contributed by atoms with Gasteiger partial charge in [0.25, 0.3) is 0 Å². The van der Waals surface area contributed by atoms with Gasteiger partial charge >= 0.3 is 0 Å². The number of aromatic nitrogens is 3. The second-order valence-electron chi connectivity index (χ2n) is 5.48. The Labute approximate surface area is 159 Å². The topological polar surface area (TPSA) is 59.8 Å². The van der Waals surface area contributed by atoms with Gasteiger partial charge in [-0.25, -0.2) is 4.39 Å². The lowest BCUT2D eigenvalue weighted by Gasteiger charge is -2.07. The van der Waals surface area contributed by atoms with Crippen molar-refractivity contribution in [3.63, 3.8) is 0 Å². The number of carbonyl (C=O) groups excluding carboxylic acids is 1. The molecule has 26 heavy (non-hydrogen) atoms. The highest BCUT2D eigenvalue weighted by Gasteiger charge is 2.10. The standard InChI is InChI=1S/C18H16ClFN4OS/c19-14-4-2-6-16(10-14)24-12-22-23-18(24)26-11-17(25)21-8-7-13-3-1-5-15(20)9-13/h1-6,9-10,12H,7-8,11H2,(H,21,25). The van der Waals surface area contributed by atoms with Gasteiger partial charge in [-0.05, 0) is 42.3 Å². The van der Waals surface area contributed by atoms with Gasteiger partial charge in [-0.2, -0.15) is 0 Å². The second kappa shape index (κ2) is 8.82. The molecule has 0 radical (unpaired) electrons. The average Bonchev–Trinajstić information content (AvgIpc) is 3.09. The van der Waals surface area contributed by atoms with E-state index < -0.39 is 0 Å². The van der Waals surface area contributed by atoms with Gasteiger partial charge in [0.2, 0.25) is 5.91 Å². The Morgan fingerprint density at radius 1 is 1.23 bits per heavy atom. The normalized spacial score (nSPS) is 10.7. The van der Waals surface area contributed by atoms with E-state index in [0.29, 0.717) is 23.1 Å². The highest BCUT2D eigenvalue weighted by molar-refractivity contribution is 7.99. The first-order valence-corrected chi connectivity index (χ1v) is 9.28. The zero-order valence-corrected chi connectivity index (χ0v) is 15.3. The molecule has 3 aromatic rings. The van der Waals surface area contributed by atoms with Gasteiger partial charge in [-0.3, -0.25) is 9.36 Å². The maximum atomic E-state index is 13.1. The molecule has 0 unspecified atom stereocenters. The molecule has 5 nitrogen and oxygen atoms in total. The molecule has 0 bridgehead atoms. The number of carbonyl (C=O) groups is 1. The molecule has 0 saturated heterocycles. The molecule has 0 aliphatic carbocycles. The van der Waals surface area contributed by atoms with Gasteiger partial charge in [0, 0.05) is 11.6 Å². The van der Waals surface area contributed by atoms with Crippen molar-refractivity contribution < 1.29 is 9.18 Å². The van der Waals surface area contributed by atoms with Crippen LogP contribution in [0.1, 0.15) is 5.56 Å². The molecule has 0 aliphatic rings. The third-order valence-corrected chi connectivity index (χ3v) is 4.74. The summed E-state index contributed by atoms with van der Waals surface area (Å²) >= 11 is 7.30. The second-order valence-corrected chi connectivity index (χ2v) is 6.86. The summed E-state index contributed by atoms with van der Waals surface area (Å²) in [5.74, 6) is -0.181. The quantitative estimate of drug-likeness (QED) is 0.627. The Hall–Kier alpha value is -2.38. The number of benzene rings is 2. The minimum atomic E-state index is -0.273. The number of amides is 1. The first-order chi connectivity index (χ1) is 12.6. The lowest BCUT2D eigenvalue weighted by atomic mass is 10.1. The molecular formula is C18H16ClFN4OS. The molecule has 0 spiro atoms. The predicted molar refractivity (Wildman–Crippen MR) is 100 cm³/mol. The summed E-state index contributed by atoms with van der Waals surface area (Å²) in [6.07, 6.45) is 2.16. The van der Waals surface area contributed by atoms with Gasteiger partial charge in [-0.1, -0.05) is 41.6 Å². The number of hydrogen-bond donors (Lipinski definition) is 1. The van der Waals surface area contributed by atoms with Crippen LogP contribution in [0.4, 0.5) is 4.39 Å². The molecule has 1 heterocycles. The van der Waals surface area contributed by atoms with Crippen LogP contribution in [0.15, 0.2) is 60.0 Å². The van der Waals surface area contributed by atoms with Crippen LogP contribution in [-0.4, -0.2) is 33.0 Å². The molecule has 134 valence electrons. The van der Waals surface area contributed by atoms with E-state index in [1.54, 1.807) is 29.1 Å². The first-order valence-electron chi connectivity index (χ1n) is 7.92. The molecule has 0 fully saturated rings. The minimum Gasteiger partial charge on any atom is -0.355 e. The Morgan fingerprint density at radius 3 is 2.88 bits per heavy atom. The highest BCUT2D eigenvalue weighted by Crippen LogP contribution is 2.21. The Balaban J connectivity index is 1.50. The lowest BCUT2D eigenvalue weighted by Crippen LogP contribution is -2.27. The Kier molecular flexibility index (Phi) is 6.25. The summed E-state index contributed by atoms with van der Waals surface area (Å²) in [5.41, 5.74) is 1.68. The zero-order chi connectivity index (χ0) is 18.4. The summed E-state index contributed by atoms with van der Waals surface area (Å²) in [6.45, 7) is 0.448. The van der Waals surface area contributed by atoms with Crippen LogP contribution in [0.2, 0.25) is 5.02 Å². The van der Waals surface area contributed by atoms with E-state index in [1.165, 1.54) is 23.9 Å². The zero-order valence-electron chi connectivity index (χ0n) is 13.7. The van der Waals surface area contributed by atoms with E-state index in [4.69, 9.17) is 11.6 Å². The number of thioether (sulfide) groups is 1. The van der Waals surface area contributed by atoms with E-state index in [1.807, 2.05) is 18.2 Å². The SMILES string of the molecule is O=C(CSc1nncn1-c1cccc(Cl)c1)NCCc1cccc(F)c1. The predicted octanol–water partition coefficient (Wildman–Crippen LogP) is 3.51. The summed E-state index contributed by atoms with van der Waals surface area (Å²) in [5, 5.41) is 12.0. The van der Waals surface area contributed by atoms with Crippen molar-refractivity contribution >= 4 is 29.3 Å². The molecule has 0 aliphatic heterocycles. The van der Waals surface area contributed by atoms with E-state index in [2.05, 4.69) is 15.5 Å². The molecule has 1 amide bonds. The molecular weight excluding hydrogens is 375 g/mol. The summed E-state index contributed by atoms with van der Waals surface area (Å²) in [6, 6.07) is 13.7. The molecule has 1 N–H and O–H groups in total. The van der Waals surface area contributed by atoms with Crippen molar-refractivity contribution in [2.24, 2.45) is 0 Å². The molecule has 0 saturated carbocycles. The van der Waals surface area contributed by atoms with Crippen molar-refractivity contribution in [3.8, 4) is 5.69 Å². The van der Waals surface area contributed by atoms with E-state index >= 15 is 0 Å². The first kappa shape index (κ1) is 18.4. The Morgan fingerprint density at radius 2 is 2.08 bits per heavy atom. The number of nitrogens with zero attached hydrogens (tertiary/aromatic N) is 3. The van der Waals surface area contributed by atoms with Crippen LogP contribution >= 0.6 is 23.4 Å². The van der Waals surface area contributed by atoms with Crippen molar-refractivity contribution in [3.05, 3.63) is 71.3 Å². The van der Waals surface area contributed by atoms with Gasteiger partial charge < -0.3 is 5.32 Å². The van der Waals surface area contributed by atoms with Crippen molar-refractivity contribution in [1.29, 1.82) is 0 Å². The monoisotopic (exact) mass is 390 g/mol. The van der Waals surface area contributed by atoms with Gasteiger partial charge in [0.1, 0.15) is 12.1 Å². The van der Waals surface area contributed by atoms with Crippen molar-refractivity contribution in [2.45, 2.75) is 11.6 Å². The van der Waals surface area contributed by atoms with Crippen LogP contribution < -0.4 is 5.32 Å². The fraction of sp³-hybridized carbons (Fsp3) is 0.167. The smallest absolute Gasteiger partial charge is 0.230 e. The average molecular weight is 391 g/mol. The van der Waals surface area contributed by atoms with E-state index in [9.17, 15) is 9.18 Å². The number of halogens is 2. The molecule has 0 atom stereocenters. The number of hydrogen-bond acceptors (Lipinski definition) is 4. The van der Waals surface area contributed by atoms with Crippen LogP contribution in [0.25, 0.3) is 5.69 Å². The van der Waals surface area contributed by atoms with Crippen LogP contribution in [0.3, 0.4) is 0 Å². The highest BCUT2D eigenvalue weighted by atomic mass is 35.5. The van der Waals surface area contributed by atoms with Gasteiger partial charge in [-0.15, -0.1) is 10.2 Å². The van der Waals surface area contributed by atoms with Gasteiger partial charge in [0.15, 0.2) is 5.16 Å². The molecule has 3 rings (SSSR count). The lowest BCUT2D eigenvalue weighted by molar-refractivity contribution is -0.118. The maximum absolute atomic E-state index is 13.1. The van der Waals surface area contributed by atoms with Crippen LogP contribution in [0, 0.1) is 5.82 Å². The maximum Gasteiger partial charge on any atom is 0.230 e. The molecule has 2 aromatic carbocycles. The summed E-state index contributed by atoms with van der Waals surface area (Å²) < 4.78 is 14.9. The number of rotatable bonds is 7. The van der Waals surface area contributed by atoms with Crippen LogP contribution in [0.5, 0.6) is 0 Å². The molecule has 8 heteroatoms. The summed E-state index contributed by atoms with van der Waals surface area (Å²) in [7, 11) is 0. The van der Waals surface area contributed by atoms with E-state index in [-0.39, 0.29) is 17.5 Å². The third-order valence-electron chi connectivity index (χ3n) is 3.56. The molecule has 1 aromatic heterocycles. The van der Waals surface area contributed by atoms with Crippen LogP contribution in [-0.2, 0) is 11.2 Å².